The highest BCUT2D eigenvalue weighted by Crippen LogP contribution is 2.38. The van der Waals surface area contributed by atoms with Crippen LogP contribution in [0.25, 0.3) is 0 Å². The zero-order valence-corrected chi connectivity index (χ0v) is 10.6. The Morgan fingerprint density at radius 1 is 1.50 bits per heavy atom. The van der Waals surface area contributed by atoms with Gasteiger partial charge >= 0.3 is 6.18 Å². The summed E-state index contributed by atoms with van der Waals surface area (Å²) in [5.74, 6) is -0.535. The van der Waals surface area contributed by atoms with Crippen LogP contribution in [0.15, 0.2) is 12.1 Å². The molecular weight excluding hydrogens is 291 g/mol. The molecule has 1 aromatic heterocycles. The van der Waals surface area contributed by atoms with Crippen LogP contribution in [-0.2, 0) is 0 Å². The predicted octanol–water partition coefficient (Wildman–Crippen LogP) is 2.54. The van der Waals surface area contributed by atoms with Gasteiger partial charge in [0.15, 0.2) is 5.60 Å². The summed E-state index contributed by atoms with van der Waals surface area (Å²) in [6.07, 6.45) is -5.23. The van der Waals surface area contributed by atoms with E-state index in [4.69, 9.17) is 11.6 Å². The number of rotatable bonds is 1. The van der Waals surface area contributed by atoms with E-state index in [1.807, 2.05) is 0 Å². The van der Waals surface area contributed by atoms with Gasteiger partial charge in [-0.05, 0) is 12.1 Å². The molecule has 0 spiro atoms. The molecule has 8 heteroatoms. The van der Waals surface area contributed by atoms with E-state index in [1.54, 1.807) is 0 Å². The fourth-order valence-corrected chi connectivity index (χ4v) is 2.79. The average molecular weight is 300 g/mol. The maximum absolute atomic E-state index is 12.6. The lowest BCUT2D eigenvalue weighted by molar-refractivity contribution is -0.253. The minimum Gasteiger partial charge on any atom is -0.379 e. The van der Waals surface area contributed by atoms with Gasteiger partial charge in [-0.3, -0.25) is 4.79 Å². The molecule has 2 heterocycles. The number of thiophene rings is 1. The monoisotopic (exact) mass is 299 g/mol. The standard InChI is InChI=1S/C10H9ClF3NO2S/c11-7-2-1-6(18-7)8(16)15-4-3-9(17,5-15)10(12,13)14/h1-2,17H,3-5H2. The fourth-order valence-electron chi connectivity index (χ4n) is 1.78. The molecule has 1 unspecified atom stereocenters. The van der Waals surface area contributed by atoms with E-state index in [1.165, 1.54) is 12.1 Å². The number of hydrogen-bond acceptors (Lipinski definition) is 3. The number of hydrogen-bond donors (Lipinski definition) is 1. The molecule has 1 amide bonds. The van der Waals surface area contributed by atoms with E-state index in [9.17, 15) is 23.1 Å². The van der Waals surface area contributed by atoms with E-state index >= 15 is 0 Å². The topological polar surface area (TPSA) is 40.5 Å². The summed E-state index contributed by atoms with van der Waals surface area (Å²) < 4.78 is 38.1. The molecular formula is C10H9ClF3NO2S. The first-order valence-electron chi connectivity index (χ1n) is 5.07. The summed E-state index contributed by atoms with van der Waals surface area (Å²) in [5.41, 5.74) is -2.80. The predicted molar refractivity (Wildman–Crippen MR) is 60.9 cm³/mol. The first-order chi connectivity index (χ1) is 8.23. The van der Waals surface area contributed by atoms with Gasteiger partial charge in [0, 0.05) is 13.0 Å². The van der Waals surface area contributed by atoms with Gasteiger partial charge in [-0.25, -0.2) is 0 Å². The Labute approximate surface area is 110 Å². The van der Waals surface area contributed by atoms with Crippen LogP contribution in [0.4, 0.5) is 13.2 Å². The van der Waals surface area contributed by atoms with Crippen LogP contribution in [0, 0.1) is 0 Å². The Hall–Kier alpha value is -0.790. The third kappa shape index (κ3) is 2.34. The summed E-state index contributed by atoms with van der Waals surface area (Å²) in [6, 6.07) is 2.96. The number of alkyl halides is 3. The Morgan fingerprint density at radius 2 is 2.17 bits per heavy atom. The highest BCUT2D eigenvalue weighted by molar-refractivity contribution is 7.17. The maximum Gasteiger partial charge on any atom is 0.419 e. The van der Waals surface area contributed by atoms with Crippen molar-refractivity contribution in [3.8, 4) is 0 Å². The Kier molecular flexibility index (Phi) is 3.33. The number of halogens is 4. The van der Waals surface area contributed by atoms with Crippen molar-refractivity contribution >= 4 is 28.8 Å². The molecule has 0 aliphatic carbocycles. The number of carbonyl (C=O) groups excluding carboxylic acids is 1. The number of likely N-dealkylation sites (tertiary alicyclic amines) is 1. The summed E-state index contributed by atoms with van der Waals surface area (Å²) in [4.78, 5) is 13.1. The number of amides is 1. The molecule has 1 N–H and O–H groups in total. The third-order valence-corrected chi connectivity index (χ3v) is 4.07. The molecule has 0 bridgehead atoms. The van der Waals surface area contributed by atoms with Crippen molar-refractivity contribution in [1.82, 2.24) is 4.90 Å². The number of β-amino-alcohol motifs (C(OH)–C–C–N with tert-alkyl or cyclic N) is 1. The van der Waals surface area contributed by atoms with Crippen LogP contribution in [0.2, 0.25) is 4.34 Å². The zero-order chi connectivity index (χ0) is 13.6. The number of carbonyl (C=O) groups is 1. The maximum atomic E-state index is 12.6. The molecule has 1 saturated heterocycles. The van der Waals surface area contributed by atoms with Gasteiger partial charge in [0.2, 0.25) is 0 Å². The Bertz CT molecular complexity index is 476. The second kappa shape index (κ2) is 4.40. The summed E-state index contributed by atoms with van der Waals surface area (Å²) >= 11 is 6.66. The molecule has 1 atom stereocenters. The molecule has 1 aliphatic heterocycles. The van der Waals surface area contributed by atoms with Gasteiger partial charge in [-0.1, -0.05) is 11.6 Å². The molecule has 3 nitrogen and oxygen atoms in total. The van der Waals surface area contributed by atoms with Crippen LogP contribution in [0.5, 0.6) is 0 Å². The molecule has 0 saturated carbocycles. The highest BCUT2D eigenvalue weighted by atomic mass is 35.5. The van der Waals surface area contributed by atoms with Gasteiger partial charge in [-0.2, -0.15) is 13.2 Å². The SMILES string of the molecule is O=C(c1ccc(Cl)s1)N1CCC(O)(C(F)(F)F)C1. The summed E-state index contributed by atoms with van der Waals surface area (Å²) in [6.45, 7) is -0.852. The lowest BCUT2D eigenvalue weighted by Gasteiger charge is -2.25. The lowest BCUT2D eigenvalue weighted by Crippen LogP contribution is -2.47. The molecule has 18 heavy (non-hydrogen) atoms. The molecule has 1 fully saturated rings. The first-order valence-corrected chi connectivity index (χ1v) is 6.26. The van der Waals surface area contributed by atoms with Crippen molar-refractivity contribution in [2.24, 2.45) is 0 Å². The van der Waals surface area contributed by atoms with Gasteiger partial charge in [0.05, 0.1) is 15.8 Å². The van der Waals surface area contributed by atoms with E-state index in [0.717, 1.165) is 16.2 Å². The highest BCUT2D eigenvalue weighted by Gasteiger charge is 2.57. The molecule has 2 rings (SSSR count). The van der Waals surface area contributed by atoms with E-state index < -0.39 is 30.7 Å². The van der Waals surface area contributed by atoms with Gasteiger partial charge in [-0.15, -0.1) is 11.3 Å². The van der Waals surface area contributed by atoms with E-state index in [-0.39, 0.29) is 11.4 Å². The first kappa shape index (κ1) is 13.6. The Balaban J connectivity index is 2.12. The summed E-state index contributed by atoms with van der Waals surface area (Å²) in [7, 11) is 0. The molecule has 1 aliphatic rings. The van der Waals surface area contributed by atoms with Crippen molar-refractivity contribution in [2.45, 2.75) is 18.2 Å². The third-order valence-electron chi connectivity index (χ3n) is 2.85. The number of nitrogens with zero attached hydrogens (tertiary/aromatic N) is 1. The molecule has 100 valence electrons. The van der Waals surface area contributed by atoms with E-state index in [0.29, 0.717) is 4.34 Å². The van der Waals surface area contributed by atoms with Gasteiger partial charge in [0.1, 0.15) is 0 Å². The molecule has 1 aromatic rings. The quantitative estimate of drug-likeness (QED) is 0.866. The normalized spacial score (nSPS) is 24.6. The van der Waals surface area contributed by atoms with Gasteiger partial charge in [0.25, 0.3) is 5.91 Å². The van der Waals surface area contributed by atoms with Crippen molar-refractivity contribution in [1.29, 1.82) is 0 Å². The van der Waals surface area contributed by atoms with Gasteiger partial charge < -0.3 is 10.0 Å². The van der Waals surface area contributed by atoms with Crippen molar-refractivity contribution < 1.29 is 23.1 Å². The zero-order valence-electron chi connectivity index (χ0n) is 9.00. The second-order valence-electron chi connectivity index (χ2n) is 4.11. The summed E-state index contributed by atoms with van der Waals surface area (Å²) in [5, 5.41) is 9.46. The molecule has 0 radical (unpaired) electrons. The average Bonchev–Trinajstić information content (AvgIpc) is 2.84. The van der Waals surface area contributed by atoms with Crippen LogP contribution < -0.4 is 0 Å². The second-order valence-corrected chi connectivity index (χ2v) is 5.82. The Morgan fingerprint density at radius 3 is 2.61 bits per heavy atom. The van der Waals surface area contributed by atoms with Crippen molar-refractivity contribution in [2.75, 3.05) is 13.1 Å². The van der Waals surface area contributed by atoms with Crippen LogP contribution in [-0.4, -0.2) is 40.8 Å². The molecule has 0 aromatic carbocycles. The van der Waals surface area contributed by atoms with Crippen LogP contribution in [0.3, 0.4) is 0 Å². The van der Waals surface area contributed by atoms with E-state index in [2.05, 4.69) is 0 Å². The lowest BCUT2D eigenvalue weighted by atomic mass is 10.0. The van der Waals surface area contributed by atoms with Crippen LogP contribution in [0.1, 0.15) is 16.1 Å². The van der Waals surface area contributed by atoms with Crippen LogP contribution >= 0.6 is 22.9 Å². The minimum atomic E-state index is -4.73. The number of aliphatic hydroxyl groups is 1. The fraction of sp³-hybridized carbons (Fsp3) is 0.500. The smallest absolute Gasteiger partial charge is 0.379 e. The largest absolute Gasteiger partial charge is 0.419 e. The van der Waals surface area contributed by atoms with Crippen molar-refractivity contribution in [3.05, 3.63) is 21.3 Å². The van der Waals surface area contributed by atoms with Crippen molar-refractivity contribution in [3.63, 3.8) is 0 Å². The minimum absolute atomic E-state index is 0.121.